The molecule has 2 aromatic carbocycles. The van der Waals surface area contributed by atoms with Gasteiger partial charge in [-0.15, -0.1) is 0 Å². The maximum atomic E-state index is 12.6. The Hall–Kier alpha value is -3.19. The van der Waals surface area contributed by atoms with Crippen LogP contribution in [-0.4, -0.2) is 48.9 Å². The molecule has 0 aliphatic carbocycles. The summed E-state index contributed by atoms with van der Waals surface area (Å²) in [5.74, 6) is -0.457. The number of morpholine rings is 1. The average molecular weight is 395 g/mol. The second-order valence-corrected chi connectivity index (χ2v) is 7.00. The van der Waals surface area contributed by atoms with Crippen molar-refractivity contribution in [3.05, 3.63) is 64.7 Å². The summed E-state index contributed by atoms with van der Waals surface area (Å²) in [5, 5.41) is 5.57. The van der Waals surface area contributed by atoms with E-state index in [4.69, 9.17) is 4.74 Å². The summed E-state index contributed by atoms with van der Waals surface area (Å²) in [6, 6.07) is 12.5. The van der Waals surface area contributed by atoms with Crippen molar-refractivity contribution in [3.63, 3.8) is 0 Å². The summed E-state index contributed by atoms with van der Waals surface area (Å²) in [7, 11) is 0. The lowest BCUT2D eigenvalue weighted by Crippen LogP contribution is -2.40. The molecule has 29 heavy (non-hydrogen) atoms. The summed E-state index contributed by atoms with van der Waals surface area (Å²) in [6.45, 7) is 5.84. The Balaban J connectivity index is 1.66. The van der Waals surface area contributed by atoms with Gasteiger partial charge in [-0.3, -0.25) is 14.4 Å². The van der Waals surface area contributed by atoms with Crippen molar-refractivity contribution in [3.8, 4) is 0 Å². The Morgan fingerprint density at radius 1 is 1.07 bits per heavy atom. The van der Waals surface area contributed by atoms with E-state index in [9.17, 15) is 14.4 Å². The standard InChI is InChI=1S/C22H25N3O4/c1-15-6-7-19(24-16(2)26)13-20(15)21(27)23-14-17-4-3-5-18(12-17)22(28)25-8-10-29-11-9-25/h3-7,12-13H,8-11,14H2,1-2H3,(H,23,27)(H,24,26). The summed E-state index contributed by atoms with van der Waals surface area (Å²) < 4.78 is 5.29. The molecule has 7 nitrogen and oxygen atoms in total. The summed E-state index contributed by atoms with van der Waals surface area (Å²) in [5.41, 5.74) is 3.33. The van der Waals surface area contributed by atoms with E-state index in [2.05, 4.69) is 10.6 Å². The second kappa shape index (κ2) is 9.34. The molecule has 3 amide bonds. The van der Waals surface area contributed by atoms with Crippen LogP contribution >= 0.6 is 0 Å². The molecule has 1 aliphatic rings. The van der Waals surface area contributed by atoms with Crippen LogP contribution < -0.4 is 10.6 Å². The molecule has 1 aliphatic heterocycles. The van der Waals surface area contributed by atoms with Gasteiger partial charge in [0.2, 0.25) is 5.91 Å². The van der Waals surface area contributed by atoms with Crippen LogP contribution in [0.1, 0.15) is 38.8 Å². The fourth-order valence-electron chi connectivity index (χ4n) is 3.19. The molecule has 2 N–H and O–H groups in total. The molecule has 1 saturated heterocycles. The molecule has 0 saturated carbocycles. The number of anilines is 1. The minimum absolute atomic E-state index is 0.0275. The number of amides is 3. The zero-order valence-corrected chi connectivity index (χ0v) is 16.7. The first-order valence-corrected chi connectivity index (χ1v) is 9.56. The minimum atomic E-state index is -0.236. The third kappa shape index (κ3) is 5.42. The molecule has 3 rings (SSSR count). The number of carbonyl (C=O) groups is 3. The Morgan fingerprint density at radius 3 is 2.55 bits per heavy atom. The number of benzene rings is 2. The maximum Gasteiger partial charge on any atom is 0.254 e. The first kappa shape index (κ1) is 20.5. The van der Waals surface area contributed by atoms with Gasteiger partial charge < -0.3 is 20.3 Å². The smallest absolute Gasteiger partial charge is 0.254 e. The van der Waals surface area contributed by atoms with Crippen LogP contribution in [-0.2, 0) is 16.1 Å². The van der Waals surface area contributed by atoms with E-state index in [0.29, 0.717) is 49.7 Å². The van der Waals surface area contributed by atoms with Gasteiger partial charge in [0.25, 0.3) is 11.8 Å². The van der Waals surface area contributed by atoms with E-state index in [-0.39, 0.29) is 17.7 Å². The third-order valence-electron chi connectivity index (χ3n) is 4.73. The zero-order chi connectivity index (χ0) is 20.8. The highest BCUT2D eigenvalue weighted by Gasteiger charge is 2.18. The molecule has 1 heterocycles. The lowest BCUT2D eigenvalue weighted by Gasteiger charge is -2.27. The zero-order valence-electron chi connectivity index (χ0n) is 16.7. The molecular formula is C22H25N3O4. The van der Waals surface area contributed by atoms with Gasteiger partial charge in [0.05, 0.1) is 13.2 Å². The Kier molecular flexibility index (Phi) is 6.61. The van der Waals surface area contributed by atoms with Crippen LogP contribution in [0.5, 0.6) is 0 Å². The molecular weight excluding hydrogens is 370 g/mol. The molecule has 0 bridgehead atoms. The van der Waals surface area contributed by atoms with Crippen molar-refractivity contribution in [1.29, 1.82) is 0 Å². The van der Waals surface area contributed by atoms with E-state index in [1.54, 1.807) is 35.2 Å². The van der Waals surface area contributed by atoms with E-state index >= 15 is 0 Å². The predicted octanol–water partition coefficient (Wildman–Crippen LogP) is 2.36. The van der Waals surface area contributed by atoms with Gasteiger partial charge in [-0.1, -0.05) is 18.2 Å². The molecule has 2 aromatic rings. The molecule has 0 spiro atoms. The van der Waals surface area contributed by atoms with Gasteiger partial charge in [0.15, 0.2) is 0 Å². The molecule has 7 heteroatoms. The lowest BCUT2D eigenvalue weighted by molar-refractivity contribution is -0.114. The average Bonchev–Trinajstić information content (AvgIpc) is 2.73. The number of hydrogen-bond acceptors (Lipinski definition) is 4. The number of nitrogens with one attached hydrogen (secondary N) is 2. The normalized spacial score (nSPS) is 13.7. The number of hydrogen-bond donors (Lipinski definition) is 2. The quantitative estimate of drug-likeness (QED) is 0.814. The van der Waals surface area contributed by atoms with E-state index in [1.807, 2.05) is 19.1 Å². The van der Waals surface area contributed by atoms with Gasteiger partial charge >= 0.3 is 0 Å². The van der Waals surface area contributed by atoms with Crippen LogP contribution in [0.3, 0.4) is 0 Å². The van der Waals surface area contributed by atoms with Gasteiger partial charge in [0, 0.05) is 43.4 Å². The van der Waals surface area contributed by atoms with Crippen LogP contribution in [0.4, 0.5) is 5.69 Å². The van der Waals surface area contributed by atoms with E-state index in [1.165, 1.54) is 6.92 Å². The largest absolute Gasteiger partial charge is 0.378 e. The van der Waals surface area contributed by atoms with Crippen molar-refractivity contribution in [2.75, 3.05) is 31.6 Å². The molecule has 152 valence electrons. The number of carbonyl (C=O) groups excluding carboxylic acids is 3. The van der Waals surface area contributed by atoms with Gasteiger partial charge in [-0.2, -0.15) is 0 Å². The monoisotopic (exact) mass is 395 g/mol. The van der Waals surface area contributed by atoms with E-state index in [0.717, 1.165) is 11.1 Å². The Bertz CT molecular complexity index is 920. The fourth-order valence-corrected chi connectivity index (χ4v) is 3.19. The van der Waals surface area contributed by atoms with Crippen molar-refractivity contribution >= 4 is 23.4 Å². The highest BCUT2D eigenvalue weighted by atomic mass is 16.5. The van der Waals surface area contributed by atoms with Gasteiger partial charge in [-0.05, 0) is 42.3 Å². The topological polar surface area (TPSA) is 87.7 Å². The molecule has 0 atom stereocenters. The highest BCUT2D eigenvalue weighted by Crippen LogP contribution is 2.16. The van der Waals surface area contributed by atoms with Crippen LogP contribution in [0.25, 0.3) is 0 Å². The first-order valence-electron chi connectivity index (χ1n) is 9.56. The maximum absolute atomic E-state index is 12.6. The number of aryl methyl sites for hydroxylation is 1. The summed E-state index contributed by atoms with van der Waals surface area (Å²) in [6.07, 6.45) is 0. The van der Waals surface area contributed by atoms with E-state index < -0.39 is 0 Å². The van der Waals surface area contributed by atoms with Crippen molar-refractivity contribution in [2.24, 2.45) is 0 Å². The molecule has 0 radical (unpaired) electrons. The van der Waals surface area contributed by atoms with Crippen molar-refractivity contribution in [2.45, 2.75) is 20.4 Å². The highest BCUT2D eigenvalue weighted by molar-refractivity contribution is 5.98. The molecule has 0 unspecified atom stereocenters. The van der Waals surface area contributed by atoms with Crippen LogP contribution in [0, 0.1) is 6.92 Å². The SMILES string of the molecule is CC(=O)Nc1ccc(C)c(C(=O)NCc2cccc(C(=O)N3CCOCC3)c2)c1. The predicted molar refractivity (Wildman–Crippen MR) is 110 cm³/mol. The third-order valence-corrected chi connectivity index (χ3v) is 4.73. The van der Waals surface area contributed by atoms with Gasteiger partial charge in [0.1, 0.15) is 0 Å². The van der Waals surface area contributed by atoms with Crippen LogP contribution in [0.2, 0.25) is 0 Å². The molecule has 0 aromatic heterocycles. The van der Waals surface area contributed by atoms with Crippen molar-refractivity contribution in [1.82, 2.24) is 10.2 Å². The molecule has 1 fully saturated rings. The summed E-state index contributed by atoms with van der Waals surface area (Å²) >= 11 is 0. The number of rotatable bonds is 5. The van der Waals surface area contributed by atoms with Crippen molar-refractivity contribution < 1.29 is 19.1 Å². The van der Waals surface area contributed by atoms with Crippen LogP contribution in [0.15, 0.2) is 42.5 Å². The fraction of sp³-hybridized carbons (Fsp3) is 0.318. The second-order valence-electron chi connectivity index (χ2n) is 7.00. The lowest BCUT2D eigenvalue weighted by atomic mass is 10.1. The Morgan fingerprint density at radius 2 is 1.83 bits per heavy atom. The van der Waals surface area contributed by atoms with Gasteiger partial charge in [-0.25, -0.2) is 0 Å². The minimum Gasteiger partial charge on any atom is -0.378 e. The summed E-state index contributed by atoms with van der Waals surface area (Å²) in [4.78, 5) is 38.3. The number of nitrogens with zero attached hydrogens (tertiary/aromatic N) is 1. The Labute approximate surface area is 170 Å². The first-order chi connectivity index (χ1) is 13.9. The number of ether oxygens (including phenoxy) is 1.